The van der Waals surface area contributed by atoms with Crippen molar-refractivity contribution >= 4 is 35.2 Å². The number of thioether (sulfide) groups is 1. The van der Waals surface area contributed by atoms with Gasteiger partial charge >= 0.3 is 5.97 Å². The van der Waals surface area contributed by atoms with Crippen LogP contribution >= 0.6 is 23.4 Å². The molecule has 0 aliphatic carbocycles. The molecule has 0 bridgehead atoms. The zero-order valence-electron chi connectivity index (χ0n) is 9.90. The maximum atomic E-state index is 11.4. The average Bonchev–Trinajstić information content (AvgIpc) is 2.30. The summed E-state index contributed by atoms with van der Waals surface area (Å²) in [6.07, 6.45) is 0. The number of aryl methyl sites for hydroxylation is 1. The normalized spacial score (nSPS) is 10.1. The number of carbonyl (C=O) groups excluding carboxylic acids is 1. The van der Waals surface area contributed by atoms with E-state index in [9.17, 15) is 9.59 Å². The lowest BCUT2D eigenvalue weighted by atomic mass is 10.1. The summed E-state index contributed by atoms with van der Waals surface area (Å²) in [5, 5.41) is 11.8. The van der Waals surface area contributed by atoms with Crippen molar-refractivity contribution in [1.82, 2.24) is 5.32 Å². The van der Waals surface area contributed by atoms with Crippen LogP contribution in [0.2, 0.25) is 5.02 Å². The van der Waals surface area contributed by atoms with Crippen LogP contribution in [0.25, 0.3) is 0 Å². The largest absolute Gasteiger partial charge is 0.481 e. The van der Waals surface area contributed by atoms with Gasteiger partial charge in [0.15, 0.2) is 0 Å². The Labute approximate surface area is 115 Å². The number of carboxylic acid groups (broad SMARTS) is 1. The molecule has 0 fully saturated rings. The highest BCUT2D eigenvalue weighted by atomic mass is 35.5. The predicted octanol–water partition coefficient (Wildman–Crippen LogP) is 2.08. The number of benzene rings is 1. The Morgan fingerprint density at radius 2 is 2.11 bits per heavy atom. The van der Waals surface area contributed by atoms with E-state index in [1.807, 2.05) is 19.1 Å². The van der Waals surface area contributed by atoms with Crippen molar-refractivity contribution < 1.29 is 14.7 Å². The van der Waals surface area contributed by atoms with Crippen LogP contribution in [-0.4, -0.2) is 28.5 Å². The van der Waals surface area contributed by atoms with Crippen molar-refractivity contribution in [3.05, 3.63) is 34.3 Å². The molecule has 98 valence electrons. The van der Waals surface area contributed by atoms with Crippen LogP contribution < -0.4 is 5.32 Å². The number of aliphatic carboxylic acids is 1. The molecule has 6 heteroatoms. The highest BCUT2D eigenvalue weighted by molar-refractivity contribution is 8.00. The molecule has 1 aromatic rings. The van der Waals surface area contributed by atoms with Crippen molar-refractivity contribution in [3.63, 3.8) is 0 Å². The SMILES string of the molecule is Cc1cc(CNC(=O)CSCC(=O)O)ccc1Cl. The second-order valence-electron chi connectivity index (χ2n) is 3.75. The van der Waals surface area contributed by atoms with Crippen LogP contribution in [0, 0.1) is 6.92 Å². The molecular formula is C12H14ClNO3S. The molecule has 0 aromatic heterocycles. The molecule has 0 radical (unpaired) electrons. The molecule has 1 amide bonds. The first-order valence-corrected chi connectivity index (χ1v) is 6.83. The van der Waals surface area contributed by atoms with Gasteiger partial charge in [-0.3, -0.25) is 9.59 Å². The van der Waals surface area contributed by atoms with Crippen LogP contribution in [0.15, 0.2) is 18.2 Å². The Hall–Kier alpha value is -1.20. The summed E-state index contributed by atoms with van der Waals surface area (Å²) in [6.45, 7) is 2.32. The van der Waals surface area contributed by atoms with Crippen molar-refractivity contribution in [1.29, 1.82) is 0 Å². The van der Waals surface area contributed by atoms with Crippen LogP contribution in [0.4, 0.5) is 0 Å². The smallest absolute Gasteiger partial charge is 0.313 e. The van der Waals surface area contributed by atoms with Crippen LogP contribution in [0.3, 0.4) is 0 Å². The van der Waals surface area contributed by atoms with Gasteiger partial charge in [-0.1, -0.05) is 23.7 Å². The third kappa shape index (κ3) is 5.42. The number of halogens is 1. The Morgan fingerprint density at radius 1 is 1.39 bits per heavy atom. The average molecular weight is 288 g/mol. The third-order valence-electron chi connectivity index (χ3n) is 2.17. The van der Waals surface area contributed by atoms with Gasteiger partial charge in [-0.05, 0) is 24.1 Å². The molecule has 1 rings (SSSR count). The van der Waals surface area contributed by atoms with Crippen molar-refractivity contribution in [2.75, 3.05) is 11.5 Å². The summed E-state index contributed by atoms with van der Waals surface area (Å²) in [7, 11) is 0. The fourth-order valence-electron chi connectivity index (χ4n) is 1.30. The summed E-state index contributed by atoms with van der Waals surface area (Å²) in [4.78, 5) is 21.7. The molecule has 1 aromatic carbocycles. The van der Waals surface area contributed by atoms with E-state index in [1.54, 1.807) is 6.07 Å². The number of carboxylic acids is 1. The minimum absolute atomic E-state index is 0.0620. The summed E-state index contributed by atoms with van der Waals surface area (Å²) < 4.78 is 0. The molecule has 0 heterocycles. The van der Waals surface area contributed by atoms with E-state index in [2.05, 4.69) is 5.32 Å². The minimum atomic E-state index is -0.916. The second kappa shape index (κ2) is 7.28. The topological polar surface area (TPSA) is 66.4 Å². The Kier molecular flexibility index (Phi) is 6.01. The van der Waals surface area contributed by atoms with E-state index in [-0.39, 0.29) is 17.4 Å². The van der Waals surface area contributed by atoms with Gasteiger partial charge < -0.3 is 10.4 Å². The molecule has 0 saturated carbocycles. The first kappa shape index (κ1) is 14.9. The molecule has 0 saturated heterocycles. The number of rotatable bonds is 6. The maximum absolute atomic E-state index is 11.4. The van der Waals surface area contributed by atoms with Gasteiger partial charge in [0.05, 0.1) is 11.5 Å². The fourth-order valence-corrected chi connectivity index (χ4v) is 1.98. The van der Waals surface area contributed by atoms with E-state index in [4.69, 9.17) is 16.7 Å². The molecule has 0 spiro atoms. The highest BCUT2D eigenvalue weighted by Gasteiger charge is 2.04. The Balaban J connectivity index is 2.33. The van der Waals surface area contributed by atoms with Crippen LogP contribution in [-0.2, 0) is 16.1 Å². The number of nitrogens with one attached hydrogen (secondary N) is 1. The second-order valence-corrected chi connectivity index (χ2v) is 5.14. The number of hydrogen-bond acceptors (Lipinski definition) is 3. The predicted molar refractivity (Wildman–Crippen MR) is 73.0 cm³/mol. The van der Waals surface area contributed by atoms with Gasteiger partial charge in [0.2, 0.25) is 5.91 Å². The lowest BCUT2D eigenvalue weighted by Crippen LogP contribution is -2.25. The number of amides is 1. The van der Waals surface area contributed by atoms with Gasteiger partial charge in [0.1, 0.15) is 0 Å². The number of carbonyl (C=O) groups is 2. The monoisotopic (exact) mass is 287 g/mol. The van der Waals surface area contributed by atoms with E-state index in [1.165, 1.54) is 0 Å². The first-order chi connectivity index (χ1) is 8.49. The highest BCUT2D eigenvalue weighted by Crippen LogP contribution is 2.16. The summed E-state index contributed by atoms with van der Waals surface area (Å²) in [5.41, 5.74) is 1.93. The molecule has 0 unspecified atom stereocenters. The quantitative estimate of drug-likeness (QED) is 0.841. The van der Waals surface area contributed by atoms with Crippen LogP contribution in [0.5, 0.6) is 0 Å². The standard InChI is InChI=1S/C12H14ClNO3S/c1-8-4-9(2-3-10(8)13)5-14-11(15)6-18-7-12(16)17/h2-4H,5-7H2,1H3,(H,14,15)(H,16,17). The number of hydrogen-bond donors (Lipinski definition) is 2. The molecule has 0 atom stereocenters. The maximum Gasteiger partial charge on any atom is 0.313 e. The van der Waals surface area contributed by atoms with Crippen molar-refractivity contribution in [2.24, 2.45) is 0 Å². The van der Waals surface area contributed by atoms with Crippen molar-refractivity contribution in [3.8, 4) is 0 Å². The van der Waals surface area contributed by atoms with E-state index in [0.29, 0.717) is 11.6 Å². The zero-order chi connectivity index (χ0) is 13.5. The summed E-state index contributed by atoms with van der Waals surface area (Å²) in [5.74, 6) is -0.998. The lowest BCUT2D eigenvalue weighted by Gasteiger charge is -2.06. The molecule has 0 aliphatic heterocycles. The Bertz CT molecular complexity index is 451. The zero-order valence-corrected chi connectivity index (χ0v) is 11.5. The first-order valence-electron chi connectivity index (χ1n) is 5.30. The third-order valence-corrected chi connectivity index (χ3v) is 3.51. The Morgan fingerprint density at radius 3 is 2.72 bits per heavy atom. The van der Waals surface area contributed by atoms with E-state index < -0.39 is 5.97 Å². The molecule has 18 heavy (non-hydrogen) atoms. The van der Waals surface area contributed by atoms with Gasteiger partial charge in [0.25, 0.3) is 0 Å². The van der Waals surface area contributed by atoms with Gasteiger partial charge in [-0.25, -0.2) is 0 Å². The summed E-state index contributed by atoms with van der Waals surface area (Å²) in [6, 6.07) is 5.55. The van der Waals surface area contributed by atoms with E-state index in [0.717, 1.165) is 22.9 Å². The summed E-state index contributed by atoms with van der Waals surface area (Å²) >= 11 is 6.97. The molecule has 4 nitrogen and oxygen atoms in total. The molecule has 0 aliphatic rings. The van der Waals surface area contributed by atoms with Crippen LogP contribution in [0.1, 0.15) is 11.1 Å². The van der Waals surface area contributed by atoms with Crippen molar-refractivity contribution in [2.45, 2.75) is 13.5 Å². The lowest BCUT2D eigenvalue weighted by molar-refractivity contribution is -0.133. The minimum Gasteiger partial charge on any atom is -0.481 e. The molecule has 2 N–H and O–H groups in total. The van der Waals surface area contributed by atoms with Gasteiger partial charge in [0, 0.05) is 11.6 Å². The van der Waals surface area contributed by atoms with Gasteiger partial charge in [-0.15, -0.1) is 11.8 Å². The molecular weight excluding hydrogens is 274 g/mol. The van der Waals surface area contributed by atoms with E-state index >= 15 is 0 Å². The van der Waals surface area contributed by atoms with Gasteiger partial charge in [-0.2, -0.15) is 0 Å². The fraction of sp³-hybridized carbons (Fsp3) is 0.333.